The molecule has 0 spiro atoms. The highest BCUT2D eigenvalue weighted by Gasteiger charge is 2.22. The van der Waals surface area contributed by atoms with Gasteiger partial charge < -0.3 is 33.3 Å². The first-order chi connectivity index (χ1) is 32.6. The van der Waals surface area contributed by atoms with E-state index in [0.29, 0.717) is 23.9 Å². The number of aliphatic carboxylic acids is 1. The molecule has 0 fully saturated rings. The van der Waals surface area contributed by atoms with E-state index in [0.717, 1.165) is 57.8 Å². The van der Waals surface area contributed by atoms with Crippen molar-refractivity contribution in [3.05, 3.63) is 12.2 Å². The highest BCUT2D eigenvalue weighted by Crippen LogP contribution is 2.18. The lowest BCUT2D eigenvalue weighted by atomic mass is 10.0. The Balaban J connectivity index is 3.94. The first-order valence-corrected chi connectivity index (χ1v) is 28.8. The Bertz CT molecular complexity index is 1110. The SMILES string of the molecule is CCC/C=C\CCCCCCCC(=O)OC(COC(=O)CCCCCCCCCCCCCCCCCCCCCCCCCCCCCCCCCC)COC(OCC[N+](C)(C)C)C(=O)[O-]. The quantitative estimate of drug-likeness (QED) is 0.0195. The summed E-state index contributed by atoms with van der Waals surface area (Å²) >= 11 is 0. The number of likely N-dealkylation sites (N-methyl/N-ethyl adjacent to an activating group) is 1. The van der Waals surface area contributed by atoms with Crippen LogP contribution in [0.2, 0.25) is 0 Å². The van der Waals surface area contributed by atoms with Crippen LogP contribution in [0.25, 0.3) is 0 Å². The number of nitrogens with zero attached hydrogens (tertiary/aromatic N) is 1. The molecule has 9 heteroatoms. The maximum absolute atomic E-state index is 12.7. The van der Waals surface area contributed by atoms with E-state index in [1.54, 1.807) is 0 Å². The van der Waals surface area contributed by atoms with Gasteiger partial charge in [0.1, 0.15) is 13.2 Å². The van der Waals surface area contributed by atoms with Crippen LogP contribution in [0.5, 0.6) is 0 Å². The van der Waals surface area contributed by atoms with E-state index in [2.05, 4.69) is 26.0 Å². The number of carboxylic acids is 1. The molecule has 0 aromatic carbocycles. The molecule has 0 aromatic heterocycles. The molecule has 0 rings (SSSR count). The molecule has 396 valence electrons. The second kappa shape index (κ2) is 50.4. The van der Waals surface area contributed by atoms with Gasteiger partial charge in [-0.2, -0.15) is 0 Å². The van der Waals surface area contributed by atoms with E-state index in [-0.39, 0.29) is 32.2 Å². The first kappa shape index (κ1) is 65.0. The predicted octanol–water partition coefficient (Wildman–Crippen LogP) is 15.2. The van der Waals surface area contributed by atoms with Crippen LogP contribution in [-0.4, -0.2) is 82.3 Å². The summed E-state index contributed by atoms with van der Waals surface area (Å²) < 4.78 is 22.6. The Morgan fingerprint density at radius 2 is 0.791 bits per heavy atom. The van der Waals surface area contributed by atoms with Crippen molar-refractivity contribution < 1.29 is 42.9 Å². The molecule has 0 radical (unpaired) electrons. The molecular weight excluding hydrogens is 839 g/mol. The molecule has 0 aliphatic carbocycles. The number of hydrogen-bond acceptors (Lipinski definition) is 8. The number of hydrogen-bond donors (Lipinski definition) is 0. The molecule has 9 nitrogen and oxygen atoms in total. The zero-order valence-electron chi connectivity index (χ0n) is 45.0. The highest BCUT2D eigenvalue weighted by atomic mass is 16.7. The van der Waals surface area contributed by atoms with Crippen LogP contribution in [0.1, 0.15) is 284 Å². The van der Waals surface area contributed by atoms with Gasteiger partial charge in [0.15, 0.2) is 12.4 Å². The van der Waals surface area contributed by atoms with Crippen molar-refractivity contribution in [1.29, 1.82) is 0 Å². The van der Waals surface area contributed by atoms with Crippen molar-refractivity contribution in [2.75, 3.05) is 47.5 Å². The van der Waals surface area contributed by atoms with E-state index in [1.165, 1.54) is 193 Å². The zero-order valence-corrected chi connectivity index (χ0v) is 45.0. The second-order valence-electron chi connectivity index (χ2n) is 20.9. The fourth-order valence-corrected chi connectivity index (χ4v) is 8.54. The number of quaternary nitrogens is 1. The van der Waals surface area contributed by atoms with Crippen molar-refractivity contribution >= 4 is 17.9 Å². The minimum absolute atomic E-state index is 0.149. The van der Waals surface area contributed by atoms with Crippen LogP contribution in [0.15, 0.2) is 12.2 Å². The average Bonchev–Trinajstić information content (AvgIpc) is 3.29. The smallest absolute Gasteiger partial charge is 0.306 e. The van der Waals surface area contributed by atoms with Crippen molar-refractivity contribution in [2.24, 2.45) is 0 Å². The van der Waals surface area contributed by atoms with Gasteiger partial charge >= 0.3 is 11.9 Å². The van der Waals surface area contributed by atoms with Gasteiger partial charge in [0, 0.05) is 12.8 Å². The molecule has 0 heterocycles. The molecule has 0 aliphatic rings. The lowest BCUT2D eigenvalue weighted by Gasteiger charge is -2.26. The molecule has 2 atom stereocenters. The maximum atomic E-state index is 12.7. The Morgan fingerprint density at radius 3 is 1.16 bits per heavy atom. The van der Waals surface area contributed by atoms with Crippen molar-refractivity contribution in [3.63, 3.8) is 0 Å². The summed E-state index contributed by atoms with van der Waals surface area (Å²) in [5.74, 6) is -2.28. The van der Waals surface area contributed by atoms with Crippen LogP contribution in [0, 0.1) is 0 Å². The maximum Gasteiger partial charge on any atom is 0.306 e. The van der Waals surface area contributed by atoms with Gasteiger partial charge in [-0.05, 0) is 32.1 Å². The fourth-order valence-electron chi connectivity index (χ4n) is 8.54. The fraction of sp³-hybridized carbons (Fsp3) is 0.914. The largest absolute Gasteiger partial charge is 0.545 e. The van der Waals surface area contributed by atoms with Crippen LogP contribution in [0.3, 0.4) is 0 Å². The highest BCUT2D eigenvalue weighted by molar-refractivity contribution is 5.70. The minimum Gasteiger partial charge on any atom is -0.545 e. The molecule has 0 N–H and O–H groups in total. The number of carbonyl (C=O) groups excluding carboxylic acids is 3. The molecule has 0 saturated heterocycles. The Morgan fingerprint density at radius 1 is 0.433 bits per heavy atom. The van der Waals surface area contributed by atoms with Gasteiger partial charge in [0.2, 0.25) is 0 Å². The number of unbranched alkanes of at least 4 members (excludes halogenated alkanes) is 37. The minimum atomic E-state index is -1.62. The summed E-state index contributed by atoms with van der Waals surface area (Å²) in [6, 6.07) is 0. The average molecular weight is 951 g/mol. The van der Waals surface area contributed by atoms with E-state index in [4.69, 9.17) is 18.9 Å². The number of allylic oxidation sites excluding steroid dienone is 2. The monoisotopic (exact) mass is 950 g/mol. The lowest BCUT2D eigenvalue weighted by molar-refractivity contribution is -0.870. The van der Waals surface area contributed by atoms with E-state index in [9.17, 15) is 19.5 Å². The number of carbonyl (C=O) groups is 3. The van der Waals surface area contributed by atoms with Crippen LogP contribution in [-0.2, 0) is 33.3 Å². The van der Waals surface area contributed by atoms with Gasteiger partial charge in [-0.3, -0.25) is 9.59 Å². The second-order valence-corrected chi connectivity index (χ2v) is 20.9. The number of esters is 2. The zero-order chi connectivity index (χ0) is 49.2. The van der Waals surface area contributed by atoms with E-state index in [1.807, 2.05) is 21.1 Å². The first-order valence-electron chi connectivity index (χ1n) is 28.8. The summed E-state index contributed by atoms with van der Waals surface area (Å²) in [7, 11) is 5.92. The van der Waals surface area contributed by atoms with Crippen LogP contribution >= 0.6 is 0 Å². The van der Waals surface area contributed by atoms with Gasteiger partial charge in [-0.25, -0.2) is 0 Å². The molecule has 0 bridgehead atoms. The van der Waals surface area contributed by atoms with Crippen molar-refractivity contribution in [3.8, 4) is 0 Å². The molecule has 0 aliphatic heterocycles. The van der Waals surface area contributed by atoms with Crippen molar-refractivity contribution in [1.82, 2.24) is 0 Å². The third-order valence-electron chi connectivity index (χ3n) is 13.0. The normalized spacial score (nSPS) is 12.8. The summed E-state index contributed by atoms with van der Waals surface area (Å²) in [5, 5.41) is 11.7. The van der Waals surface area contributed by atoms with Crippen molar-refractivity contribution in [2.45, 2.75) is 296 Å². The van der Waals surface area contributed by atoms with Crippen LogP contribution < -0.4 is 5.11 Å². The predicted molar refractivity (Wildman–Crippen MR) is 279 cm³/mol. The van der Waals surface area contributed by atoms with E-state index >= 15 is 0 Å². The van der Waals surface area contributed by atoms with Gasteiger partial charge in [0.25, 0.3) is 0 Å². The topological polar surface area (TPSA) is 111 Å². The Hall–Kier alpha value is -1.97. The summed E-state index contributed by atoms with van der Waals surface area (Å²) in [6.07, 6.45) is 54.5. The Labute approximate surface area is 415 Å². The number of ether oxygens (including phenoxy) is 4. The molecule has 67 heavy (non-hydrogen) atoms. The Kier molecular flexibility index (Phi) is 48.9. The molecule has 0 amide bonds. The van der Waals surface area contributed by atoms with Gasteiger partial charge in [0.05, 0.1) is 40.3 Å². The number of carboxylic acid groups (broad SMARTS) is 1. The summed E-state index contributed by atoms with van der Waals surface area (Å²) in [6.45, 7) is 4.71. The van der Waals surface area contributed by atoms with E-state index < -0.39 is 24.3 Å². The molecule has 0 aromatic rings. The van der Waals surface area contributed by atoms with Gasteiger partial charge in [-0.1, -0.05) is 251 Å². The third kappa shape index (κ3) is 51.7. The molecule has 2 unspecified atom stereocenters. The molecule has 0 saturated carbocycles. The molecular formula is C58H111NO8. The third-order valence-corrected chi connectivity index (χ3v) is 13.0. The summed E-state index contributed by atoms with van der Waals surface area (Å²) in [4.78, 5) is 37.0. The standard InChI is InChI=1S/C58H111NO8/c1-6-8-10-12-14-16-18-19-20-21-22-23-24-25-26-27-28-29-30-31-32-33-34-35-36-37-38-39-41-42-44-46-48-55(60)65-52-54(53-66-58(57(62)63)64-51-50-59(3,4)5)67-56(61)49-47-45-43-40-17-15-13-11-9-7-2/h11,13,54,58H,6-10,12,14-53H2,1-5H3/b13-11-. The van der Waals surface area contributed by atoms with Gasteiger partial charge in [-0.15, -0.1) is 0 Å². The van der Waals surface area contributed by atoms with Crippen LogP contribution in [0.4, 0.5) is 0 Å². The lowest BCUT2D eigenvalue weighted by Crippen LogP contribution is -2.44. The summed E-state index contributed by atoms with van der Waals surface area (Å²) in [5.41, 5.74) is 0. The number of rotatable bonds is 54.